The minimum Gasteiger partial charge on any atom is -0.361 e. The zero-order valence-corrected chi connectivity index (χ0v) is 8.27. The summed E-state index contributed by atoms with van der Waals surface area (Å²) in [6.45, 7) is 1.90. The lowest BCUT2D eigenvalue weighted by Gasteiger charge is -2.40. The van der Waals surface area contributed by atoms with E-state index in [1.165, 1.54) is 0 Å². The number of rotatable bonds is 2. The summed E-state index contributed by atoms with van der Waals surface area (Å²) in [6, 6.07) is 0. The van der Waals surface area contributed by atoms with Crippen molar-refractivity contribution in [3.05, 3.63) is 0 Å². The smallest absolute Gasteiger partial charge is 0.211 e. The SMILES string of the molecule is CO[C@H]1CC2(CCN1C=O)OCCO2. The molecule has 0 aromatic heterocycles. The number of likely N-dealkylation sites (tertiary alicyclic amines) is 1. The number of hydrogen-bond donors (Lipinski definition) is 0. The van der Waals surface area contributed by atoms with Crippen molar-refractivity contribution in [2.75, 3.05) is 26.9 Å². The second-order valence-corrected chi connectivity index (χ2v) is 3.60. The van der Waals surface area contributed by atoms with Crippen molar-refractivity contribution in [2.24, 2.45) is 0 Å². The number of nitrogens with zero attached hydrogens (tertiary/aromatic N) is 1. The molecule has 2 rings (SSSR count). The van der Waals surface area contributed by atoms with Crippen molar-refractivity contribution in [3.63, 3.8) is 0 Å². The molecule has 0 aromatic rings. The lowest BCUT2D eigenvalue weighted by Crippen LogP contribution is -2.51. The van der Waals surface area contributed by atoms with E-state index in [1.807, 2.05) is 0 Å². The topological polar surface area (TPSA) is 48.0 Å². The van der Waals surface area contributed by atoms with Crippen molar-refractivity contribution in [2.45, 2.75) is 24.9 Å². The number of ether oxygens (including phenoxy) is 3. The molecule has 5 nitrogen and oxygen atoms in total. The Hall–Kier alpha value is -0.650. The third kappa shape index (κ3) is 1.63. The number of carbonyl (C=O) groups is 1. The number of carbonyl (C=O) groups excluding carboxylic acids is 1. The maximum Gasteiger partial charge on any atom is 0.211 e. The fourth-order valence-electron chi connectivity index (χ4n) is 2.03. The van der Waals surface area contributed by atoms with Crippen LogP contribution in [0.4, 0.5) is 0 Å². The van der Waals surface area contributed by atoms with Gasteiger partial charge in [-0.3, -0.25) is 4.79 Å². The first-order chi connectivity index (χ1) is 6.79. The number of piperidine rings is 1. The first-order valence-corrected chi connectivity index (χ1v) is 4.81. The second kappa shape index (κ2) is 3.84. The lowest BCUT2D eigenvalue weighted by atomic mass is 10.0. The van der Waals surface area contributed by atoms with Gasteiger partial charge in [-0.05, 0) is 0 Å². The molecule has 0 N–H and O–H groups in total. The van der Waals surface area contributed by atoms with Crippen molar-refractivity contribution >= 4 is 6.41 Å². The van der Waals surface area contributed by atoms with Crippen LogP contribution >= 0.6 is 0 Å². The molecule has 5 heteroatoms. The van der Waals surface area contributed by atoms with E-state index in [0.717, 1.165) is 12.8 Å². The molecule has 2 aliphatic heterocycles. The number of amides is 1. The Kier molecular flexibility index (Phi) is 2.71. The highest BCUT2D eigenvalue weighted by atomic mass is 16.7. The molecule has 1 spiro atoms. The molecule has 14 heavy (non-hydrogen) atoms. The van der Waals surface area contributed by atoms with Crippen LogP contribution in [-0.4, -0.2) is 50.2 Å². The highest BCUT2D eigenvalue weighted by Gasteiger charge is 2.44. The maximum absolute atomic E-state index is 10.7. The monoisotopic (exact) mass is 201 g/mol. The molecule has 0 aliphatic carbocycles. The average Bonchev–Trinajstić information content (AvgIpc) is 2.66. The Morgan fingerprint density at radius 1 is 1.50 bits per heavy atom. The minimum atomic E-state index is -0.500. The number of methoxy groups -OCH3 is 1. The Morgan fingerprint density at radius 2 is 2.21 bits per heavy atom. The van der Waals surface area contributed by atoms with Gasteiger partial charge in [-0.1, -0.05) is 0 Å². The molecule has 2 aliphatic rings. The van der Waals surface area contributed by atoms with E-state index in [9.17, 15) is 4.79 Å². The van der Waals surface area contributed by atoms with Crippen molar-refractivity contribution in [3.8, 4) is 0 Å². The Labute approximate surface area is 82.9 Å². The quantitative estimate of drug-likeness (QED) is 0.588. The third-order valence-corrected chi connectivity index (χ3v) is 2.83. The minimum absolute atomic E-state index is 0.223. The first kappa shape index (κ1) is 9.89. The highest BCUT2D eigenvalue weighted by molar-refractivity contribution is 5.47. The molecule has 1 amide bonds. The van der Waals surface area contributed by atoms with Gasteiger partial charge in [0.05, 0.1) is 13.2 Å². The molecular weight excluding hydrogens is 186 g/mol. The van der Waals surface area contributed by atoms with Crippen molar-refractivity contribution < 1.29 is 19.0 Å². The molecule has 0 radical (unpaired) electrons. The summed E-state index contributed by atoms with van der Waals surface area (Å²) >= 11 is 0. The van der Waals surface area contributed by atoms with Crippen LogP contribution in [-0.2, 0) is 19.0 Å². The summed E-state index contributed by atoms with van der Waals surface area (Å²) in [6.07, 6.45) is 1.92. The van der Waals surface area contributed by atoms with Crippen LogP contribution in [0.2, 0.25) is 0 Å². The summed E-state index contributed by atoms with van der Waals surface area (Å²) in [5, 5.41) is 0. The van der Waals surface area contributed by atoms with Crippen LogP contribution in [0.25, 0.3) is 0 Å². The van der Waals surface area contributed by atoms with Gasteiger partial charge < -0.3 is 19.1 Å². The summed E-state index contributed by atoms with van der Waals surface area (Å²) < 4.78 is 16.3. The Balaban J connectivity index is 2.03. The van der Waals surface area contributed by atoms with E-state index in [2.05, 4.69) is 0 Å². The van der Waals surface area contributed by atoms with Crippen LogP contribution in [0.15, 0.2) is 0 Å². The van der Waals surface area contributed by atoms with Gasteiger partial charge in [0.2, 0.25) is 6.41 Å². The fourth-order valence-corrected chi connectivity index (χ4v) is 2.03. The zero-order valence-electron chi connectivity index (χ0n) is 8.27. The van der Waals surface area contributed by atoms with Gasteiger partial charge in [0.25, 0.3) is 0 Å². The molecule has 0 aromatic carbocycles. The van der Waals surface area contributed by atoms with Gasteiger partial charge in [0.1, 0.15) is 6.23 Å². The molecule has 0 unspecified atom stereocenters. The summed E-state index contributed by atoms with van der Waals surface area (Å²) in [4.78, 5) is 12.3. The van der Waals surface area contributed by atoms with E-state index < -0.39 is 5.79 Å². The van der Waals surface area contributed by atoms with Crippen LogP contribution in [0.1, 0.15) is 12.8 Å². The molecule has 2 saturated heterocycles. The van der Waals surface area contributed by atoms with Crippen molar-refractivity contribution in [1.82, 2.24) is 4.90 Å². The average molecular weight is 201 g/mol. The fraction of sp³-hybridized carbons (Fsp3) is 0.889. The first-order valence-electron chi connectivity index (χ1n) is 4.81. The van der Waals surface area contributed by atoms with Gasteiger partial charge in [0.15, 0.2) is 5.79 Å². The van der Waals surface area contributed by atoms with Gasteiger partial charge in [-0.2, -0.15) is 0 Å². The third-order valence-electron chi connectivity index (χ3n) is 2.83. The predicted octanol–water partition coefficient (Wildman–Crippen LogP) is -0.0458. The standard InChI is InChI=1S/C9H15NO4/c1-12-8-6-9(13-4-5-14-9)2-3-10(8)7-11/h7-8H,2-6H2,1H3/t8-/m0/s1. The van der Waals surface area contributed by atoms with E-state index in [-0.39, 0.29) is 6.23 Å². The van der Waals surface area contributed by atoms with E-state index in [4.69, 9.17) is 14.2 Å². The van der Waals surface area contributed by atoms with Gasteiger partial charge in [0, 0.05) is 26.5 Å². The molecule has 2 heterocycles. The molecular formula is C9H15NO4. The molecule has 80 valence electrons. The van der Waals surface area contributed by atoms with Crippen LogP contribution in [0.3, 0.4) is 0 Å². The Bertz CT molecular complexity index is 215. The van der Waals surface area contributed by atoms with Gasteiger partial charge in [-0.15, -0.1) is 0 Å². The normalized spacial score (nSPS) is 30.9. The lowest BCUT2D eigenvalue weighted by molar-refractivity contribution is -0.224. The second-order valence-electron chi connectivity index (χ2n) is 3.60. The van der Waals surface area contributed by atoms with E-state index >= 15 is 0 Å². The summed E-state index contributed by atoms with van der Waals surface area (Å²) in [5.74, 6) is -0.500. The maximum atomic E-state index is 10.7. The van der Waals surface area contributed by atoms with E-state index in [0.29, 0.717) is 26.2 Å². The van der Waals surface area contributed by atoms with E-state index in [1.54, 1.807) is 12.0 Å². The van der Waals surface area contributed by atoms with Crippen LogP contribution in [0.5, 0.6) is 0 Å². The Morgan fingerprint density at radius 3 is 2.79 bits per heavy atom. The van der Waals surface area contributed by atoms with Crippen LogP contribution in [0, 0.1) is 0 Å². The largest absolute Gasteiger partial charge is 0.361 e. The molecule has 0 bridgehead atoms. The molecule has 1 atom stereocenters. The van der Waals surface area contributed by atoms with Crippen molar-refractivity contribution in [1.29, 1.82) is 0 Å². The molecule has 2 fully saturated rings. The summed E-state index contributed by atoms with van der Waals surface area (Å²) in [5.41, 5.74) is 0. The van der Waals surface area contributed by atoms with Crippen LogP contribution < -0.4 is 0 Å². The zero-order chi connectivity index (χ0) is 10.0. The highest BCUT2D eigenvalue weighted by Crippen LogP contribution is 2.34. The van der Waals surface area contributed by atoms with Gasteiger partial charge >= 0.3 is 0 Å². The van der Waals surface area contributed by atoms with Gasteiger partial charge in [-0.25, -0.2) is 0 Å². The molecule has 0 saturated carbocycles. The predicted molar refractivity (Wildman–Crippen MR) is 47.4 cm³/mol. The summed E-state index contributed by atoms with van der Waals surface area (Å²) in [7, 11) is 1.59. The number of hydrogen-bond acceptors (Lipinski definition) is 4.